The summed E-state index contributed by atoms with van der Waals surface area (Å²) >= 11 is 1.46. The first-order valence-electron chi connectivity index (χ1n) is 5.59. The number of nitrogen functional groups attached to an aromatic ring is 1. The standard InChI is InChI=1S/C13H15N5S/c1-9(19-2)17-13(5-6-14)18-12-7-11(15)4-3-10(12)8-16-18/h3-8H,1,14-15H2,2H3/b6-5-,17-13?. The van der Waals surface area contributed by atoms with Gasteiger partial charge in [-0.1, -0.05) is 6.58 Å². The molecule has 0 aliphatic heterocycles. The van der Waals surface area contributed by atoms with E-state index in [0.29, 0.717) is 16.6 Å². The molecule has 4 N–H and O–H groups in total. The van der Waals surface area contributed by atoms with Gasteiger partial charge in [0, 0.05) is 11.1 Å². The van der Waals surface area contributed by atoms with Crippen LogP contribution in [0.5, 0.6) is 0 Å². The van der Waals surface area contributed by atoms with Crippen molar-refractivity contribution in [1.29, 1.82) is 0 Å². The van der Waals surface area contributed by atoms with E-state index in [4.69, 9.17) is 11.5 Å². The van der Waals surface area contributed by atoms with Gasteiger partial charge in [0.05, 0.1) is 16.7 Å². The number of fused-ring (bicyclic) bond motifs is 1. The number of nitrogens with two attached hydrogens (primary N) is 2. The third-order valence-electron chi connectivity index (χ3n) is 2.53. The SMILES string of the molecule is C=C(N=C(/C=C\N)n1ncc2ccc(N)cc21)SC. The fourth-order valence-electron chi connectivity index (χ4n) is 1.63. The van der Waals surface area contributed by atoms with Crippen molar-refractivity contribution in [3.63, 3.8) is 0 Å². The van der Waals surface area contributed by atoms with Gasteiger partial charge in [-0.3, -0.25) is 0 Å². The zero-order valence-electron chi connectivity index (χ0n) is 10.6. The second-order valence-electron chi connectivity index (χ2n) is 3.80. The zero-order chi connectivity index (χ0) is 13.8. The van der Waals surface area contributed by atoms with Crippen molar-refractivity contribution in [2.75, 3.05) is 12.0 Å². The molecule has 0 aliphatic rings. The third kappa shape index (κ3) is 2.79. The van der Waals surface area contributed by atoms with Gasteiger partial charge in [0.25, 0.3) is 0 Å². The minimum absolute atomic E-state index is 0.599. The van der Waals surface area contributed by atoms with Crippen LogP contribution in [0.15, 0.2) is 53.3 Å². The number of benzene rings is 1. The highest BCUT2D eigenvalue weighted by atomic mass is 32.2. The van der Waals surface area contributed by atoms with Crippen molar-refractivity contribution >= 4 is 34.2 Å². The van der Waals surface area contributed by atoms with Crippen LogP contribution in [0.2, 0.25) is 0 Å². The van der Waals surface area contributed by atoms with Crippen LogP contribution in [0, 0.1) is 0 Å². The number of anilines is 1. The maximum atomic E-state index is 5.81. The molecular formula is C13H15N5S. The summed E-state index contributed by atoms with van der Waals surface area (Å²) in [6.07, 6.45) is 6.77. The Bertz CT molecular complexity index is 669. The highest BCUT2D eigenvalue weighted by molar-refractivity contribution is 8.02. The molecule has 0 unspecified atom stereocenters. The second-order valence-corrected chi connectivity index (χ2v) is 4.68. The Morgan fingerprint density at radius 1 is 1.53 bits per heavy atom. The van der Waals surface area contributed by atoms with Crippen LogP contribution in [0.1, 0.15) is 0 Å². The van der Waals surface area contributed by atoms with E-state index in [1.54, 1.807) is 17.0 Å². The van der Waals surface area contributed by atoms with Crippen molar-refractivity contribution in [3.8, 4) is 0 Å². The zero-order valence-corrected chi connectivity index (χ0v) is 11.4. The normalized spacial score (nSPS) is 12.4. The molecule has 0 atom stereocenters. The molecule has 19 heavy (non-hydrogen) atoms. The van der Waals surface area contributed by atoms with E-state index in [1.165, 1.54) is 18.0 Å². The number of hydrogen-bond donors (Lipinski definition) is 2. The lowest BCUT2D eigenvalue weighted by Gasteiger charge is -2.05. The van der Waals surface area contributed by atoms with Gasteiger partial charge in [-0.05, 0) is 36.7 Å². The van der Waals surface area contributed by atoms with Crippen LogP contribution >= 0.6 is 11.8 Å². The lowest BCUT2D eigenvalue weighted by Crippen LogP contribution is -2.11. The predicted molar refractivity (Wildman–Crippen MR) is 83.0 cm³/mol. The topological polar surface area (TPSA) is 82.2 Å². The van der Waals surface area contributed by atoms with Gasteiger partial charge in [0.1, 0.15) is 0 Å². The first-order chi connectivity index (χ1) is 9.15. The van der Waals surface area contributed by atoms with Gasteiger partial charge < -0.3 is 11.5 Å². The van der Waals surface area contributed by atoms with Crippen LogP contribution in [-0.2, 0) is 0 Å². The van der Waals surface area contributed by atoms with Crippen molar-refractivity contribution in [1.82, 2.24) is 9.78 Å². The van der Waals surface area contributed by atoms with Crippen molar-refractivity contribution in [3.05, 3.63) is 48.3 Å². The Kier molecular flexibility index (Phi) is 3.91. The molecule has 1 aromatic heterocycles. The van der Waals surface area contributed by atoms with E-state index in [-0.39, 0.29) is 0 Å². The lowest BCUT2D eigenvalue weighted by atomic mass is 10.2. The summed E-state index contributed by atoms with van der Waals surface area (Å²) in [5.41, 5.74) is 12.8. The van der Waals surface area contributed by atoms with E-state index < -0.39 is 0 Å². The van der Waals surface area contributed by atoms with Crippen molar-refractivity contribution < 1.29 is 0 Å². The number of thioether (sulfide) groups is 1. The molecule has 0 saturated heterocycles. The quantitative estimate of drug-likeness (QED) is 0.510. The van der Waals surface area contributed by atoms with Gasteiger partial charge in [-0.2, -0.15) is 5.10 Å². The second kappa shape index (κ2) is 5.62. The first kappa shape index (κ1) is 13.2. The summed E-state index contributed by atoms with van der Waals surface area (Å²) in [5, 5.41) is 5.99. The van der Waals surface area contributed by atoms with Crippen molar-refractivity contribution in [2.24, 2.45) is 10.7 Å². The van der Waals surface area contributed by atoms with E-state index in [2.05, 4.69) is 16.7 Å². The highest BCUT2D eigenvalue weighted by Crippen LogP contribution is 2.18. The summed E-state index contributed by atoms with van der Waals surface area (Å²) in [6, 6.07) is 5.61. The molecule has 0 fully saturated rings. The van der Waals surface area contributed by atoms with Gasteiger partial charge >= 0.3 is 0 Å². The van der Waals surface area contributed by atoms with Gasteiger partial charge in [-0.15, -0.1) is 11.8 Å². The molecule has 6 heteroatoms. The smallest absolute Gasteiger partial charge is 0.156 e. The Balaban J connectivity index is 2.59. The van der Waals surface area contributed by atoms with E-state index in [1.807, 2.05) is 24.5 Å². The van der Waals surface area contributed by atoms with E-state index >= 15 is 0 Å². The average Bonchev–Trinajstić information content (AvgIpc) is 2.80. The predicted octanol–water partition coefficient (Wildman–Crippen LogP) is 2.17. The van der Waals surface area contributed by atoms with Crippen LogP contribution in [0.3, 0.4) is 0 Å². The Morgan fingerprint density at radius 2 is 2.32 bits per heavy atom. The van der Waals surface area contributed by atoms with E-state index in [0.717, 1.165) is 10.9 Å². The Labute approximate surface area is 115 Å². The fraction of sp³-hybridized carbons (Fsp3) is 0.0769. The molecule has 0 bridgehead atoms. The number of nitrogens with zero attached hydrogens (tertiary/aromatic N) is 3. The highest BCUT2D eigenvalue weighted by Gasteiger charge is 2.07. The molecule has 0 saturated carbocycles. The van der Waals surface area contributed by atoms with Crippen molar-refractivity contribution in [2.45, 2.75) is 0 Å². The summed E-state index contributed by atoms with van der Waals surface area (Å²) in [4.78, 5) is 4.38. The molecule has 5 nitrogen and oxygen atoms in total. The van der Waals surface area contributed by atoms with Crippen LogP contribution in [0.4, 0.5) is 5.69 Å². The van der Waals surface area contributed by atoms with Crippen LogP contribution in [-0.4, -0.2) is 21.9 Å². The summed E-state index contributed by atoms with van der Waals surface area (Å²) in [7, 11) is 0. The molecule has 98 valence electrons. The van der Waals surface area contributed by atoms with Gasteiger partial charge in [0.15, 0.2) is 5.84 Å². The Hall–Kier alpha value is -2.21. The summed E-state index contributed by atoms with van der Waals surface area (Å²) < 4.78 is 1.69. The average molecular weight is 273 g/mol. The summed E-state index contributed by atoms with van der Waals surface area (Å²) in [6.45, 7) is 3.84. The minimum Gasteiger partial charge on any atom is -0.404 e. The summed E-state index contributed by atoms with van der Waals surface area (Å²) in [5.74, 6) is 0.599. The molecule has 2 aromatic rings. The maximum absolute atomic E-state index is 5.81. The molecule has 1 heterocycles. The molecule has 2 rings (SSSR count). The monoisotopic (exact) mass is 273 g/mol. The van der Waals surface area contributed by atoms with Crippen LogP contribution < -0.4 is 11.5 Å². The molecule has 1 aromatic carbocycles. The lowest BCUT2D eigenvalue weighted by molar-refractivity contribution is 0.966. The third-order valence-corrected chi connectivity index (χ3v) is 3.09. The van der Waals surface area contributed by atoms with E-state index in [9.17, 15) is 0 Å². The molecule has 0 spiro atoms. The minimum atomic E-state index is 0.599. The van der Waals surface area contributed by atoms with Crippen LogP contribution in [0.25, 0.3) is 10.9 Å². The fourth-order valence-corrected chi connectivity index (χ4v) is 1.82. The molecule has 0 amide bonds. The Morgan fingerprint density at radius 3 is 3.00 bits per heavy atom. The van der Waals surface area contributed by atoms with Gasteiger partial charge in [0.2, 0.25) is 0 Å². The number of aliphatic imine (C=N–C) groups is 1. The number of aromatic nitrogens is 2. The van der Waals surface area contributed by atoms with Gasteiger partial charge in [-0.25, -0.2) is 9.67 Å². The first-order valence-corrected chi connectivity index (χ1v) is 6.81. The maximum Gasteiger partial charge on any atom is 0.156 e. The number of rotatable bonds is 3. The molecule has 0 radical (unpaired) electrons. The number of hydrogen-bond acceptors (Lipinski definition) is 5. The molecular weight excluding hydrogens is 258 g/mol. The number of allylic oxidation sites excluding steroid dienone is 1. The largest absolute Gasteiger partial charge is 0.404 e. The molecule has 0 aliphatic carbocycles.